The van der Waals surface area contributed by atoms with Gasteiger partial charge in [0.05, 0.1) is 17.1 Å². The number of halogens is 2. The molecule has 0 unspecified atom stereocenters. The fourth-order valence-corrected chi connectivity index (χ4v) is 5.73. The average molecular weight is 545 g/mol. The molecule has 0 fully saturated rings. The van der Waals surface area contributed by atoms with Crippen molar-refractivity contribution in [3.05, 3.63) is 77.9 Å². The Kier molecular flexibility index (Phi) is 7.64. The first kappa shape index (κ1) is 27.4. The van der Waals surface area contributed by atoms with E-state index in [2.05, 4.69) is 5.32 Å². The van der Waals surface area contributed by atoms with Crippen molar-refractivity contribution in [3.8, 4) is 16.9 Å². The van der Waals surface area contributed by atoms with E-state index >= 15 is 0 Å². The normalized spacial score (nSPS) is 15.4. The molecule has 0 spiro atoms. The maximum Gasteiger partial charge on any atom is 0.407 e. The standard InChI is InChI=1S/C28H30F2N2O5S/c1-18-6-5-7-22(14-18)38(34,35)32-17-21(12-13-31-27(33)37-28(2,3)4)36-26-11-8-19(15-25(26)32)23-16-20(29)9-10-24(23)30/h5-11,14-16,21H,12-13,17H2,1-4H3,(H,31,33)/t21-/m1/s1. The van der Waals surface area contributed by atoms with Crippen LogP contribution in [0.3, 0.4) is 0 Å². The van der Waals surface area contributed by atoms with E-state index in [4.69, 9.17) is 9.47 Å². The molecule has 202 valence electrons. The Morgan fingerprint density at radius 1 is 1.11 bits per heavy atom. The van der Waals surface area contributed by atoms with Gasteiger partial charge in [-0.05, 0) is 81.3 Å². The quantitative estimate of drug-likeness (QED) is 0.423. The number of nitrogens with one attached hydrogen (secondary N) is 1. The fraction of sp³-hybridized carbons (Fsp3) is 0.321. The molecule has 7 nitrogen and oxygen atoms in total. The molecule has 0 bridgehead atoms. The monoisotopic (exact) mass is 544 g/mol. The second kappa shape index (κ2) is 10.6. The Labute approximate surface area is 221 Å². The molecule has 0 saturated carbocycles. The summed E-state index contributed by atoms with van der Waals surface area (Å²) in [5.41, 5.74) is 0.641. The van der Waals surface area contributed by atoms with Crippen LogP contribution >= 0.6 is 0 Å². The Balaban J connectivity index is 1.67. The maximum absolute atomic E-state index is 14.5. The zero-order chi connectivity index (χ0) is 27.7. The molecule has 3 aromatic rings. The van der Waals surface area contributed by atoms with Crippen LogP contribution in [0.5, 0.6) is 5.75 Å². The molecule has 1 aliphatic heterocycles. The molecule has 1 amide bonds. The number of benzene rings is 3. The third kappa shape index (κ3) is 6.24. The van der Waals surface area contributed by atoms with Gasteiger partial charge in [0.2, 0.25) is 0 Å². The first-order valence-electron chi connectivity index (χ1n) is 12.2. The van der Waals surface area contributed by atoms with Crippen molar-refractivity contribution >= 4 is 21.8 Å². The summed E-state index contributed by atoms with van der Waals surface area (Å²) in [5.74, 6) is -0.977. The first-order chi connectivity index (χ1) is 17.8. The second-order valence-electron chi connectivity index (χ2n) is 10.1. The number of amides is 1. The molecule has 3 aromatic carbocycles. The zero-order valence-corrected chi connectivity index (χ0v) is 22.4. The molecule has 0 aliphatic carbocycles. The lowest BCUT2D eigenvalue weighted by Gasteiger charge is -2.36. The van der Waals surface area contributed by atoms with Crippen molar-refractivity contribution < 1.29 is 31.5 Å². The summed E-state index contributed by atoms with van der Waals surface area (Å²) >= 11 is 0. The largest absolute Gasteiger partial charge is 0.486 e. The number of rotatable bonds is 6. The molecule has 0 saturated heterocycles. The number of carbonyl (C=O) groups is 1. The van der Waals surface area contributed by atoms with Crippen LogP contribution in [-0.4, -0.2) is 39.3 Å². The number of ether oxygens (including phenoxy) is 2. The number of anilines is 1. The highest BCUT2D eigenvalue weighted by Crippen LogP contribution is 2.41. The van der Waals surface area contributed by atoms with E-state index in [9.17, 15) is 22.0 Å². The van der Waals surface area contributed by atoms with Gasteiger partial charge < -0.3 is 14.8 Å². The van der Waals surface area contributed by atoms with Gasteiger partial charge in [-0.25, -0.2) is 22.0 Å². The van der Waals surface area contributed by atoms with Gasteiger partial charge in [0, 0.05) is 18.5 Å². The third-order valence-electron chi connectivity index (χ3n) is 5.84. The minimum Gasteiger partial charge on any atom is -0.486 e. The van der Waals surface area contributed by atoms with Crippen molar-refractivity contribution in [3.63, 3.8) is 0 Å². The van der Waals surface area contributed by atoms with Crippen LogP contribution in [0.2, 0.25) is 0 Å². The van der Waals surface area contributed by atoms with Crippen molar-refractivity contribution in [1.82, 2.24) is 5.32 Å². The van der Waals surface area contributed by atoms with Crippen LogP contribution < -0.4 is 14.4 Å². The minimum absolute atomic E-state index is 0.00406. The molecular formula is C28H30F2N2O5S. The summed E-state index contributed by atoms with van der Waals surface area (Å²) in [5, 5.41) is 2.66. The van der Waals surface area contributed by atoms with E-state index in [-0.39, 0.29) is 35.0 Å². The Morgan fingerprint density at radius 3 is 2.58 bits per heavy atom. The van der Waals surface area contributed by atoms with Crippen LogP contribution in [-0.2, 0) is 14.8 Å². The van der Waals surface area contributed by atoms with Crippen molar-refractivity contribution in [1.29, 1.82) is 0 Å². The summed E-state index contributed by atoms with van der Waals surface area (Å²) in [4.78, 5) is 12.1. The minimum atomic E-state index is -4.04. The number of aryl methyl sites for hydroxylation is 1. The predicted molar refractivity (Wildman–Crippen MR) is 141 cm³/mol. The molecule has 0 radical (unpaired) electrons. The molecular weight excluding hydrogens is 514 g/mol. The van der Waals surface area contributed by atoms with E-state index in [1.807, 2.05) is 0 Å². The third-order valence-corrected chi connectivity index (χ3v) is 7.62. The van der Waals surface area contributed by atoms with E-state index < -0.39 is 39.5 Å². The number of hydrogen-bond donors (Lipinski definition) is 1. The zero-order valence-electron chi connectivity index (χ0n) is 21.6. The van der Waals surface area contributed by atoms with Gasteiger partial charge in [0.15, 0.2) is 0 Å². The Hall–Kier alpha value is -3.66. The molecule has 10 heteroatoms. The van der Waals surface area contributed by atoms with Gasteiger partial charge >= 0.3 is 6.09 Å². The first-order valence-corrected chi connectivity index (χ1v) is 13.6. The predicted octanol–water partition coefficient (Wildman–Crippen LogP) is 5.81. The van der Waals surface area contributed by atoms with Gasteiger partial charge in [-0.3, -0.25) is 4.31 Å². The molecule has 1 heterocycles. The highest BCUT2D eigenvalue weighted by Gasteiger charge is 2.35. The van der Waals surface area contributed by atoms with Gasteiger partial charge in [0.1, 0.15) is 29.1 Å². The number of carbonyl (C=O) groups excluding carboxylic acids is 1. The summed E-state index contributed by atoms with van der Waals surface area (Å²) in [6, 6.07) is 14.2. The number of fused-ring (bicyclic) bond motifs is 1. The van der Waals surface area contributed by atoms with E-state index in [1.165, 1.54) is 16.4 Å². The summed E-state index contributed by atoms with van der Waals surface area (Å²) in [6.07, 6.45) is -0.868. The highest BCUT2D eigenvalue weighted by atomic mass is 32.2. The van der Waals surface area contributed by atoms with Gasteiger partial charge in [0.25, 0.3) is 10.0 Å². The van der Waals surface area contributed by atoms with Crippen LogP contribution in [0.1, 0.15) is 32.8 Å². The van der Waals surface area contributed by atoms with E-state index in [0.29, 0.717) is 12.0 Å². The van der Waals surface area contributed by atoms with Crippen LogP contribution in [0.25, 0.3) is 11.1 Å². The average Bonchev–Trinajstić information content (AvgIpc) is 2.83. The van der Waals surface area contributed by atoms with Gasteiger partial charge in [-0.15, -0.1) is 0 Å². The Bertz CT molecular complexity index is 1450. The van der Waals surface area contributed by atoms with Crippen molar-refractivity contribution in [2.24, 2.45) is 0 Å². The number of sulfonamides is 1. The van der Waals surface area contributed by atoms with Crippen LogP contribution in [0.15, 0.2) is 65.6 Å². The smallest absolute Gasteiger partial charge is 0.407 e. The van der Waals surface area contributed by atoms with Crippen molar-refractivity contribution in [2.45, 2.75) is 50.7 Å². The van der Waals surface area contributed by atoms with Crippen molar-refractivity contribution in [2.75, 3.05) is 17.4 Å². The van der Waals surface area contributed by atoms with E-state index in [0.717, 1.165) is 23.8 Å². The number of nitrogens with zero attached hydrogens (tertiary/aromatic N) is 1. The lowest BCUT2D eigenvalue weighted by atomic mass is 10.0. The van der Waals surface area contributed by atoms with Gasteiger partial charge in [-0.1, -0.05) is 18.2 Å². The van der Waals surface area contributed by atoms with Crippen LogP contribution in [0, 0.1) is 18.6 Å². The molecule has 1 N–H and O–H groups in total. The van der Waals surface area contributed by atoms with Gasteiger partial charge in [-0.2, -0.15) is 0 Å². The fourth-order valence-electron chi connectivity index (χ4n) is 4.13. The highest BCUT2D eigenvalue weighted by molar-refractivity contribution is 7.92. The molecule has 1 atom stereocenters. The Morgan fingerprint density at radius 2 is 1.87 bits per heavy atom. The topological polar surface area (TPSA) is 84.9 Å². The number of alkyl carbamates (subject to hydrolysis) is 1. The molecule has 38 heavy (non-hydrogen) atoms. The SMILES string of the molecule is Cc1cccc(S(=O)(=O)N2C[C@@H](CCNC(=O)OC(C)(C)C)Oc3ccc(-c4cc(F)ccc4F)cc32)c1. The lowest BCUT2D eigenvalue weighted by Crippen LogP contribution is -2.45. The maximum atomic E-state index is 14.5. The summed E-state index contributed by atoms with van der Waals surface area (Å²) < 4.78 is 68.6. The summed E-state index contributed by atoms with van der Waals surface area (Å²) in [6.45, 7) is 7.21. The second-order valence-corrected chi connectivity index (χ2v) is 12.0. The lowest BCUT2D eigenvalue weighted by molar-refractivity contribution is 0.0520. The molecule has 4 rings (SSSR count). The number of hydrogen-bond acceptors (Lipinski definition) is 5. The molecule has 1 aliphatic rings. The molecule has 0 aromatic heterocycles. The van der Waals surface area contributed by atoms with E-state index in [1.54, 1.807) is 58.0 Å². The summed E-state index contributed by atoms with van der Waals surface area (Å²) in [7, 11) is -4.04. The van der Waals surface area contributed by atoms with Crippen LogP contribution in [0.4, 0.5) is 19.3 Å².